The zero-order valence-corrected chi connectivity index (χ0v) is 13.1. The minimum absolute atomic E-state index is 0.367. The number of nitrogens with zero attached hydrogens (tertiary/aromatic N) is 1. The minimum atomic E-state index is 0.367. The van der Waals surface area contributed by atoms with E-state index in [4.69, 9.17) is 10.2 Å². The van der Waals surface area contributed by atoms with E-state index in [-0.39, 0.29) is 0 Å². The van der Waals surface area contributed by atoms with Crippen LogP contribution >= 0.6 is 0 Å². The van der Waals surface area contributed by atoms with E-state index in [0.717, 1.165) is 23.2 Å². The molecule has 4 nitrogen and oxygen atoms in total. The Morgan fingerprint density at radius 2 is 1.79 bits per heavy atom. The van der Waals surface area contributed by atoms with Crippen molar-refractivity contribution in [3.8, 4) is 0 Å². The third kappa shape index (κ3) is 2.82. The number of rotatable bonds is 4. The summed E-state index contributed by atoms with van der Waals surface area (Å²) < 4.78 is 5.55. The first-order valence-electron chi connectivity index (χ1n) is 7.81. The fourth-order valence-corrected chi connectivity index (χ4v) is 2.83. The number of nitrogens with two attached hydrogens (primary N) is 1. The largest absolute Gasteiger partial charge is 0.437 e. The van der Waals surface area contributed by atoms with Gasteiger partial charge in [0.1, 0.15) is 5.69 Å². The number of furan rings is 1. The van der Waals surface area contributed by atoms with Gasteiger partial charge in [0.25, 0.3) is 0 Å². The number of aromatic nitrogens is 1. The molecule has 0 saturated carbocycles. The molecule has 4 heteroatoms. The van der Waals surface area contributed by atoms with Crippen molar-refractivity contribution >= 4 is 28.2 Å². The highest BCUT2D eigenvalue weighted by molar-refractivity contribution is 5.97. The number of benzene rings is 2. The molecule has 2 heterocycles. The third-order valence-corrected chi connectivity index (χ3v) is 3.97. The first-order chi connectivity index (χ1) is 11.8. The molecule has 0 radical (unpaired) electrons. The van der Waals surface area contributed by atoms with Crippen LogP contribution in [0, 0.1) is 0 Å². The van der Waals surface area contributed by atoms with Crippen LogP contribution in [0.15, 0.2) is 77.5 Å². The quantitative estimate of drug-likeness (QED) is 0.570. The van der Waals surface area contributed by atoms with Crippen molar-refractivity contribution in [2.75, 3.05) is 11.1 Å². The van der Waals surface area contributed by atoms with Crippen LogP contribution in [0.1, 0.15) is 11.1 Å². The molecule has 0 bridgehead atoms. The van der Waals surface area contributed by atoms with E-state index in [2.05, 4.69) is 46.7 Å². The average Bonchev–Trinajstić information content (AvgIpc) is 2.92. The number of nitrogens with one attached hydrogen (secondary N) is 1. The SMILES string of the molecule is Nc1oc2cnccc2c1Nc1cccc(Cc2ccccc2)c1. The standard InChI is InChI=1S/C20H17N3O/c21-20-19(17-9-10-22-13-18(17)24-20)23-16-8-4-7-15(12-16)11-14-5-2-1-3-6-14/h1-10,12-13,23H,11,21H2. The van der Waals surface area contributed by atoms with Gasteiger partial charge in [-0.05, 0) is 35.7 Å². The fraction of sp³-hybridized carbons (Fsp3) is 0.0500. The van der Waals surface area contributed by atoms with Crippen molar-refractivity contribution in [2.24, 2.45) is 0 Å². The Bertz CT molecular complexity index is 977. The lowest BCUT2D eigenvalue weighted by Gasteiger charge is -2.08. The number of fused-ring (bicyclic) bond motifs is 1. The Hall–Kier alpha value is -3.27. The van der Waals surface area contributed by atoms with E-state index in [1.807, 2.05) is 24.3 Å². The maximum atomic E-state index is 6.01. The van der Waals surface area contributed by atoms with Gasteiger partial charge in [-0.15, -0.1) is 0 Å². The molecule has 0 spiro atoms. The fourth-order valence-electron chi connectivity index (χ4n) is 2.83. The molecule has 0 aliphatic carbocycles. The molecule has 2 aromatic carbocycles. The van der Waals surface area contributed by atoms with Crippen molar-refractivity contribution < 1.29 is 4.42 Å². The van der Waals surface area contributed by atoms with Gasteiger partial charge in [-0.2, -0.15) is 0 Å². The Morgan fingerprint density at radius 3 is 2.67 bits per heavy atom. The second kappa shape index (κ2) is 6.08. The van der Waals surface area contributed by atoms with Crippen LogP contribution in [0.2, 0.25) is 0 Å². The number of pyridine rings is 1. The molecule has 118 valence electrons. The Kier molecular flexibility index (Phi) is 3.63. The van der Waals surface area contributed by atoms with Crippen LogP contribution in [0.3, 0.4) is 0 Å². The summed E-state index contributed by atoms with van der Waals surface area (Å²) in [6.07, 6.45) is 4.29. The smallest absolute Gasteiger partial charge is 0.215 e. The maximum absolute atomic E-state index is 6.01. The monoisotopic (exact) mass is 315 g/mol. The van der Waals surface area contributed by atoms with E-state index in [1.165, 1.54) is 11.1 Å². The van der Waals surface area contributed by atoms with Gasteiger partial charge in [-0.1, -0.05) is 42.5 Å². The molecular weight excluding hydrogens is 298 g/mol. The first kappa shape index (κ1) is 14.3. The molecule has 0 unspecified atom stereocenters. The van der Waals surface area contributed by atoms with Crippen LogP contribution in [0.25, 0.3) is 11.0 Å². The lowest BCUT2D eigenvalue weighted by Crippen LogP contribution is -1.95. The van der Waals surface area contributed by atoms with Crippen molar-refractivity contribution in [2.45, 2.75) is 6.42 Å². The van der Waals surface area contributed by atoms with E-state index < -0.39 is 0 Å². The molecule has 0 saturated heterocycles. The highest BCUT2D eigenvalue weighted by atomic mass is 16.3. The topological polar surface area (TPSA) is 64.1 Å². The normalized spacial score (nSPS) is 10.8. The van der Waals surface area contributed by atoms with Gasteiger partial charge in [-0.3, -0.25) is 4.98 Å². The molecule has 0 aliphatic rings. The minimum Gasteiger partial charge on any atom is -0.437 e. The lowest BCUT2D eigenvalue weighted by atomic mass is 10.0. The summed E-state index contributed by atoms with van der Waals surface area (Å²) in [4.78, 5) is 4.06. The van der Waals surface area contributed by atoms with Crippen molar-refractivity contribution in [1.82, 2.24) is 4.98 Å². The van der Waals surface area contributed by atoms with Crippen LogP contribution < -0.4 is 11.1 Å². The highest BCUT2D eigenvalue weighted by Crippen LogP contribution is 2.34. The number of nitrogen functional groups attached to an aromatic ring is 1. The van der Waals surface area contributed by atoms with E-state index in [1.54, 1.807) is 12.4 Å². The average molecular weight is 315 g/mol. The summed E-state index contributed by atoms with van der Waals surface area (Å²) in [6, 6.07) is 20.6. The summed E-state index contributed by atoms with van der Waals surface area (Å²) in [5.41, 5.74) is 11.0. The van der Waals surface area contributed by atoms with Crippen molar-refractivity contribution in [3.05, 3.63) is 84.2 Å². The second-order valence-electron chi connectivity index (χ2n) is 5.70. The van der Waals surface area contributed by atoms with E-state index in [0.29, 0.717) is 11.5 Å². The Labute approximate surface area is 139 Å². The second-order valence-corrected chi connectivity index (χ2v) is 5.70. The molecule has 4 aromatic rings. The predicted octanol–water partition coefficient (Wildman–Crippen LogP) is 4.74. The zero-order chi connectivity index (χ0) is 16.4. The molecule has 0 amide bonds. The predicted molar refractivity (Wildman–Crippen MR) is 97.4 cm³/mol. The van der Waals surface area contributed by atoms with Gasteiger partial charge in [-0.25, -0.2) is 0 Å². The molecule has 0 fully saturated rings. The van der Waals surface area contributed by atoms with Gasteiger partial charge in [0, 0.05) is 17.3 Å². The molecule has 4 rings (SSSR count). The van der Waals surface area contributed by atoms with Gasteiger partial charge < -0.3 is 15.5 Å². The Morgan fingerprint density at radius 1 is 0.958 bits per heavy atom. The zero-order valence-electron chi connectivity index (χ0n) is 13.1. The summed E-state index contributed by atoms with van der Waals surface area (Å²) >= 11 is 0. The van der Waals surface area contributed by atoms with Crippen molar-refractivity contribution in [1.29, 1.82) is 0 Å². The molecule has 3 N–H and O–H groups in total. The van der Waals surface area contributed by atoms with Crippen LogP contribution in [-0.2, 0) is 6.42 Å². The summed E-state index contributed by atoms with van der Waals surface area (Å²) in [5, 5.41) is 4.30. The molecular formula is C20H17N3O. The highest BCUT2D eigenvalue weighted by Gasteiger charge is 2.11. The lowest BCUT2D eigenvalue weighted by molar-refractivity contribution is 0.636. The van der Waals surface area contributed by atoms with Gasteiger partial charge >= 0.3 is 0 Å². The van der Waals surface area contributed by atoms with E-state index in [9.17, 15) is 0 Å². The van der Waals surface area contributed by atoms with Gasteiger partial charge in [0.05, 0.1) is 6.20 Å². The van der Waals surface area contributed by atoms with E-state index >= 15 is 0 Å². The van der Waals surface area contributed by atoms with Crippen molar-refractivity contribution in [3.63, 3.8) is 0 Å². The molecule has 24 heavy (non-hydrogen) atoms. The third-order valence-electron chi connectivity index (χ3n) is 3.97. The molecule has 0 atom stereocenters. The molecule has 0 aliphatic heterocycles. The first-order valence-corrected chi connectivity index (χ1v) is 7.81. The number of anilines is 3. The number of hydrogen-bond donors (Lipinski definition) is 2. The number of hydrogen-bond acceptors (Lipinski definition) is 4. The summed E-state index contributed by atoms with van der Waals surface area (Å²) in [7, 11) is 0. The maximum Gasteiger partial charge on any atom is 0.215 e. The van der Waals surface area contributed by atoms with Gasteiger partial charge in [0.15, 0.2) is 5.58 Å². The van der Waals surface area contributed by atoms with Gasteiger partial charge in [0.2, 0.25) is 5.88 Å². The van der Waals surface area contributed by atoms with Crippen LogP contribution in [0.5, 0.6) is 0 Å². The summed E-state index contributed by atoms with van der Waals surface area (Å²) in [6.45, 7) is 0. The Balaban J connectivity index is 1.63. The van der Waals surface area contributed by atoms with Crippen LogP contribution in [0.4, 0.5) is 17.3 Å². The molecule has 2 aromatic heterocycles. The van der Waals surface area contributed by atoms with Crippen LogP contribution in [-0.4, -0.2) is 4.98 Å². The summed E-state index contributed by atoms with van der Waals surface area (Å²) in [5.74, 6) is 0.367.